The van der Waals surface area contributed by atoms with Gasteiger partial charge in [-0.25, -0.2) is 4.79 Å². The molecule has 20 heavy (non-hydrogen) atoms. The lowest BCUT2D eigenvalue weighted by atomic mass is 10.0. The number of aromatic nitrogens is 4. The number of hydrogen-bond donors (Lipinski definition) is 2. The fourth-order valence-electron chi connectivity index (χ4n) is 1.98. The SMILES string of the molecule is CC(c1cc(C(N)=O)n(C)n1)c1cc(C(=O)O)n(C)n1. The second kappa shape index (κ2) is 4.80. The molecule has 0 bridgehead atoms. The Morgan fingerprint density at radius 3 is 1.95 bits per heavy atom. The van der Waals surface area contributed by atoms with Crippen molar-refractivity contribution in [2.24, 2.45) is 19.8 Å². The Balaban J connectivity index is 2.38. The van der Waals surface area contributed by atoms with Crippen molar-refractivity contribution in [3.63, 3.8) is 0 Å². The highest BCUT2D eigenvalue weighted by Gasteiger charge is 2.21. The monoisotopic (exact) mass is 277 g/mol. The van der Waals surface area contributed by atoms with Crippen LogP contribution >= 0.6 is 0 Å². The summed E-state index contributed by atoms with van der Waals surface area (Å²) >= 11 is 0. The number of carboxylic acids is 1. The van der Waals surface area contributed by atoms with E-state index in [9.17, 15) is 9.59 Å². The van der Waals surface area contributed by atoms with Gasteiger partial charge in [0.15, 0.2) is 0 Å². The summed E-state index contributed by atoms with van der Waals surface area (Å²) in [6.45, 7) is 1.83. The van der Waals surface area contributed by atoms with Crippen LogP contribution in [-0.4, -0.2) is 36.5 Å². The number of carbonyl (C=O) groups is 2. The summed E-state index contributed by atoms with van der Waals surface area (Å²) in [7, 11) is 3.18. The number of aromatic carboxylic acids is 1. The largest absolute Gasteiger partial charge is 0.477 e. The zero-order valence-corrected chi connectivity index (χ0v) is 11.4. The Labute approximate surface area is 114 Å². The van der Waals surface area contributed by atoms with Crippen molar-refractivity contribution in [2.45, 2.75) is 12.8 Å². The van der Waals surface area contributed by atoms with Crippen LogP contribution in [0.3, 0.4) is 0 Å². The van der Waals surface area contributed by atoms with Crippen LogP contribution < -0.4 is 5.73 Å². The summed E-state index contributed by atoms with van der Waals surface area (Å²) in [5.41, 5.74) is 6.80. The number of carboxylic acid groups (broad SMARTS) is 1. The second-order valence-corrected chi connectivity index (χ2v) is 4.55. The first-order chi connectivity index (χ1) is 9.31. The van der Waals surface area contributed by atoms with Crippen LogP contribution in [0, 0.1) is 0 Å². The van der Waals surface area contributed by atoms with Gasteiger partial charge in [0.25, 0.3) is 5.91 Å². The minimum atomic E-state index is -1.04. The first-order valence-electron chi connectivity index (χ1n) is 5.92. The molecule has 0 aliphatic rings. The Kier molecular flexibility index (Phi) is 3.31. The van der Waals surface area contributed by atoms with Gasteiger partial charge in [-0.2, -0.15) is 10.2 Å². The highest BCUT2D eigenvalue weighted by molar-refractivity contribution is 5.91. The number of nitrogens with two attached hydrogens (primary N) is 1. The molecule has 106 valence electrons. The summed E-state index contributed by atoms with van der Waals surface area (Å²) in [4.78, 5) is 22.2. The second-order valence-electron chi connectivity index (χ2n) is 4.55. The molecular weight excluding hydrogens is 262 g/mol. The van der Waals surface area contributed by atoms with Crippen LogP contribution in [0.1, 0.15) is 45.2 Å². The molecule has 0 aliphatic carbocycles. The first kappa shape index (κ1) is 13.8. The van der Waals surface area contributed by atoms with E-state index < -0.39 is 11.9 Å². The maximum atomic E-state index is 11.2. The highest BCUT2D eigenvalue weighted by Crippen LogP contribution is 2.23. The van der Waals surface area contributed by atoms with E-state index in [4.69, 9.17) is 10.8 Å². The molecule has 0 aliphatic heterocycles. The molecule has 2 heterocycles. The van der Waals surface area contributed by atoms with Gasteiger partial charge in [0.2, 0.25) is 0 Å². The summed E-state index contributed by atoms with van der Waals surface area (Å²) in [5.74, 6) is -1.85. The number of hydrogen-bond acceptors (Lipinski definition) is 4. The minimum Gasteiger partial charge on any atom is -0.477 e. The van der Waals surface area contributed by atoms with Crippen molar-refractivity contribution in [3.05, 3.63) is 34.9 Å². The van der Waals surface area contributed by atoms with E-state index in [2.05, 4.69) is 10.2 Å². The standard InChI is InChI=1S/C12H15N5O3/c1-6(7-4-9(11(13)18)16(2)14-7)8-5-10(12(19)20)17(3)15-8/h4-6H,1-3H3,(H2,13,18)(H,19,20). The van der Waals surface area contributed by atoms with Crippen molar-refractivity contribution in [1.82, 2.24) is 19.6 Å². The maximum absolute atomic E-state index is 11.2. The Bertz CT molecular complexity index is 627. The molecule has 2 aromatic heterocycles. The highest BCUT2D eigenvalue weighted by atomic mass is 16.4. The number of primary amides is 1. The van der Waals surface area contributed by atoms with Gasteiger partial charge in [-0.15, -0.1) is 0 Å². The molecule has 3 N–H and O–H groups in total. The molecule has 0 saturated heterocycles. The van der Waals surface area contributed by atoms with Gasteiger partial charge in [-0.05, 0) is 12.1 Å². The molecular formula is C12H15N5O3. The van der Waals surface area contributed by atoms with Gasteiger partial charge in [-0.3, -0.25) is 14.2 Å². The van der Waals surface area contributed by atoms with Gasteiger partial charge in [0.1, 0.15) is 11.4 Å². The third-order valence-electron chi connectivity index (χ3n) is 3.16. The lowest BCUT2D eigenvalue weighted by Gasteiger charge is -2.03. The molecule has 0 fully saturated rings. The fourth-order valence-corrected chi connectivity index (χ4v) is 1.98. The van der Waals surface area contributed by atoms with Crippen LogP contribution in [0.4, 0.5) is 0 Å². The number of amides is 1. The van der Waals surface area contributed by atoms with Gasteiger partial charge in [0, 0.05) is 20.0 Å². The first-order valence-corrected chi connectivity index (χ1v) is 5.92. The van der Waals surface area contributed by atoms with E-state index in [1.54, 1.807) is 20.2 Å². The summed E-state index contributed by atoms with van der Waals surface area (Å²) in [6.07, 6.45) is 0. The third-order valence-corrected chi connectivity index (χ3v) is 3.16. The average Bonchev–Trinajstić information content (AvgIpc) is 2.91. The Morgan fingerprint density at radius 2 is 1.60 bits per heavy atom. The molecule has 0 aromatic carbocycles. The van der Waals surface area contributed by atoms with E-state index in [1.165, 1.54) is 15.4 Å². The quantitative estimate of drug-likeness (QED) is 0.822. The average molecular weight is 277 g/mol. The summed E-state index contributed by atoms with van der Waals surface area (Å²) in [6, 6.07) is 3.08. The van der Waals surface area contributed by atoms with Gasteiger partial charge in [-0.1, -0.05) is 6.92 Å². The zero-order chi connectivity index (χ0) is 15.0. The molecule has 8 nitrogen and oxygen atoms in total. The molecule has 0 radical (unpaired) electrons. The summed E-state index contributed by atoms with van der Waals surface area (Å²) in [5, 5.41) is 17.4. The Morgan fingerprint density at radius 1 is 1.15 bits per heavy atom. The number of nitrogens with zero attached hydrogens (tertiary/aromatic N) is 4. The topological polar surface area (TPSA) is 116 Å². The Hall–Kier alpha value is -2.64. The maximum Gasteiger partial charge on any atom is 0.354 e. The molecule has 2 aromatic rings. The molecule has 1 atom stereocenters. The smallest absolute Gasteiger partial charge is 0.354 e. The van der Waals surface area contributed by atoms with E-state index in [0.29, 0.717) is 17.1 Å². The molecule has 0 saturated carbocycles. The van der Waals surface area contributed by atoms with Crippen molar-refractivity contribution in [1.29, 1.82) is 0 Å². The van der Waals surface area contributed by atoms with Crippen molar-refractivity contribution >= 4 is 11.9 Å². The van der Waals surface area contributed by atoms with Crippen molar-refractivity contribution in [2.75, 3.05) is 0 Å². The minimum absolute atomic E-state index is 0.0953. The van der Waals surface area contributed by atoms with Gasteiger partial charge in [0.05, 0.1) is 11.4 Å². The normalized spacial score (nSPS) is 12.3. The lowest BCUT2D eigenvalue weighted by Crippen LogP contribution is -2.15. The van der Waals surface area contributed by atoms with E-state index >= 15 is 0 Å². The number of carbonyl (C=O) groups excluding carboxylic acids is 1. The number of aryl methyl sites for hydroxylation is 2. The fraction of sp³-hybridized carbons (Fsp3) is 0.333. The molecule has 2 rings (SSSR count). The van der Waals surface area contributed by atoms with E-state index in [0.717, 1.165) is 0 Å². The number of rotatable bonds is 4. The van der Waals surface area contributed by atoms with Crippen molar-refractivity contribution < 1.29 is 14.7 Å². The van der Waals surface area contributed by atoms with Crippen LogP contribution in [0.2, 0.25) is 0 Å². The lowest BCUT2D eigenvalue weighted by molar-refractivity contribution is 0.0684. The molecule has 1 unspecified atom stereocenters. The van der Waals surface area contributed by atoms with E-state index in [-0.39, 0.29) is 11.6 Å². The molecule has 0 spiro atoms. The van der Waals surface area contributed by atoms with Crippen molar-refractivity contribution in [3.8, 4) is 0 Å². The predicted octanol–water partition coefficient (Wildman–Crippen LogP) is 0.102. The van der Waals surface area contributed by atoms with Gasteiger partial charge < -0.3 is 10.8 Å². The van der Waals surface area contributed by atoms with E-state index in [1.807, 2.05) is 6.92 Å². The third kappa shape index (κ3) is 2.27. The predicted molar refractivity (Wildman–Crippen MR) is 69.4 cm³/mol. The zero-order valence-electron chi connectivity index (χ0n) is 11.4. The molecule has 8 heteroatoms. The van der Waals surface area contributed by atoms with Crippen LogP contribution in [0.5, 0.6) is 0 Å². The van der Waals surface area contributed by atoms with Gasteiger partial charge >= 0.3 is 5.97 Å². The van der Waals surface area contributed by atoms with Crippen LogP contribution in [0.15, 0.2) is 12.1 Å². The molecule has 1 amide bonds. The van der Waals surface area contributed by atoms with Crippen LogP contribution in [-0.2, 0) is 14.1 Å². The summed E-state index contributed by atoms with van der Waals surface area (Å²) < 4.78 is 2.70. The van der Waals surface area contributed by atoms with Crippen LogP contribution in [0.25, 0.3) is 0 Å².